The SMILES string of the molecule is Cc1onc(-c2ccccc2)c1COc1cc(C(=O)NN(C)C)on1. The van der Waals surface area contributed by atoms with Gasteiger partial charge in [0.25, 0.3) is 5.88 Å². The van der Waals surface area contributed by atoms with Gasteiger partial charge in [-0.15, -0.1) is 0 Å². The number of hydrazine groups is 1. The van der Waals surface area contributed by atoms with E-state index >= 15 is 0 Å². The minimum absolute atomic E-state index is 0.0639. The Kier molecular flexibility index (Phi) is 4.80. The van der Waals surface area contributed by atoms with Crippen LogP contribution in [0.5, 0.6) is 5.88 Å². The van der Waals surface area contributed by atoms with Crippen LogP contribution in [0.1, 0.15) is 21.9 Å². The van der Waals surface area contributed by atoms with Gasteiger partial charge in [0, 0.05) is 19.7 Å². The average molecular weight is 342 g/mol. The number of carbonyl (C=O) groups excluding carboxylic acids is 1. The van der Waals surface area contributed by atoms with Crippen molar-refractivity contribution < 1.29 is 18.6 Å². The molecular formula is C17H18N4O4. The summed E-state index contributed by atoms with van der Waals surface area (Å²) in [6.45, 7) is 2.01. The standard InChI is InChI=1S/C17H18N4O4/c1-11-13(16(20-24-11)12-7-5-4-6-8-12)10-23-15-9-14(25-19-15)17(22)18-21(2)3/h4-9H,10H2,1-3H3,(H,18,22). The molecule has 0 aliphatic rings. The van der Waals surface area contributed by atoms with Gasteiger partial charge < -0.3 is 13.8 Å². The van der Waals surface area contributed by atoms with Crippen molar-refractivity contribution in [1.82, 2.24) is 20.7 Å². The van der Waals surface area contributed by atoms with Crippen molar-refractivity contribution in [3.63, 3.8) is 0 Å². The second kappa shape index (κ2) is 7.18. The molecule has 0 bridgehead atoms. The normalized spacial score (nSPS) is 10.9. The zero-order chi connectivity index (χ0) is 17.8. The Hall–Kier alpha value is -3.13. The van der Waals surface area contributed by atoms with Gasteiger partial charge in [-0.25, -0.2) is 5.01 Å². The van der Waals surface area contributed by atoms with E-state index in [0.29, 0.717) is 11.5 Å². The lowest BCUT2D eigenvalue weighted by atomic mass is 10.1. The van der Waals surface area contributed by atoms with Crippen LogP contribution in [-0.4, -0.2) is 35.3 Å². The van der Waals surface area contributed by atoms with Gasteiger partial charge in [-0.2, -0.15) is 0 Å². The van der Waals surface area contributed by atoms with Gasteiger partial charge in [-0.05, 0) is 12.1 Å². The summed E-state index contributed by atoms with van der Waals surface area (Å²) in [4.78, 5) is 11.8. The molecule has 8 nitrogen and oxygen atoms in total. The number of aryl methyl sites for hydroxylation is 1. The third kappa shape index (κ3) is 3.86. The number of hydrogen-bond donors (Lipinski definition) is 1. The van der Waals surface area contributed by atoms with Gasteiger partial charge in [0.05, 0.1) is 11.6 Å². The predicted molar refractivity (Wildman–Crippen MR) is 88.7 cm³/mol. The Balaban J connectivity index is 1.72. The minimum Gasteiger partial charge on any atom is -0.470 e. The predicted octanol–water partition coefficient (Wildman–Crippen LogP) is 2.42. The maximum atomic E-state index is 11.8. The van der Waals surface area contributed by atoms with Crippen LogP contribution in [0.4, 0.5) is 0 Å². The summed E-state index contributed by atoms with van der Waals surface area (Å²) in [6, 6.07) is 11.1. The van der Waals surface area contributed by atoms with E-state index in [1.807, 2.05) is 37.3 Å². The molecule has 0 aliphatic heterocycles. The summed E-state index contributed by atoms with van der Waals surface area (Å²) < 4.78 is 15.9. The molecule has 3 aromatic rings. The van der Waals surface area contributed by atoms with E-state index < -0.39 is 5.91 Å². The summed E-state index contributed by atoms with van der Waals surface area (Å²) in [5.41, 5.74) is 5.02. The van der Waals surface area contributed by atoms with E-state index in [1.165, 1.54) is 11.1 Å². The molecule has 2 heterocycles. The lowest BCUT2D eigenvalue weighted by Gasteiger charge is -2.08. The van der Waals surface area contributed by atoms with E-state index in [2.05, 4.69) is 15.7 Å². The van der Waals surface area contributed by atoms with E-state index in [-0.39, 0.29) is 18.2 Å². The molecule has 0 unspecified atom stereocenters. The molecule has 1 aromatic carbocycles. The van der Waals surface area contributed by atoms with Gasteiger partial charge >= 0.3 is 5.91 Å². The van der Waals surface area contributed by atoms with Gasteiger partial charge in [-0.3, -0.25) is 10.2 Å². The van der Waals surface area contributed by atoms with Crippen LogP contribution in [-0.2, 0) is 6.61 Å². The van der Waals surface area contributed by atoms with E-state index in [1.54, 1.807) is 14.1 Å². The molecule has 0 atom stereocenters. The van der Waals surface area contributed by atoms with E-state index in [4.69, 9.17) is 13.8 Å². The quantitative estimate of drug-likeness (QED) is 0.688. The molecule has 0 saturated heterocycles. The van der Waals surface area contributed by atoms with Gasteiger partial charge in [0.15, 0.2) is 0 Å². The highest BCUT2D eigenvalue weighted by atomic mass is 16.5. The Labute approximate surface area is 144 Å². The van der Waals surface area contributed by atoms with Gasteiger partial charge in [0.2, 0.25) is 5.76 Å². The smallest absolute Gasteiger partial charge is 0.304 e. The van der Waals surface area contributed by atoms with Crippen LogP contribution in [0, 0.1) is 6.92 Å². The summed E-state index contributed by atoms with van der Waals surface area (Å²) in [7, 11) is 3.40. The third-order valence-electron chi connectivity index (χ3n) is 3.43. The molecule has 1 amide bonds. The Morgan fingerprint density at radius 2 is 1.96 bits per heavy atom. The van der Waals surface area contributed by atoms with E-state index in [9.17, 15) is 4.79 Å². The fraction of sp³-hybridized carbons (Fsp3) is 0.235. The lowest BCUT2D eigenvalue weighted by Crippen LogP contribution is -2.35. The van der Waals surface area contributed by atoms with Crippen LogP contribution in [0.3, 0.4) is 0 Å². The zero-order valence-electron chi connectivity index (χ0n) is 14.1. The second-order valence-electron chi connectivity index (χ2n) is 5.59. The maximum absolute atomic E-state index is 11.8. The molecule has 2 aromatic heterocycles. The number of nitrogens with one attached hydrogen (secondary N) is 1. The summed E-state index contributed by atoms with van der Waals surface area (Å²) in [6.07, 6.45) is 0. The highest BCUT2D eigenvalue weighted by molar-refractivity contribution is 5.91. The molecular weight excluding hydrogens is 324 g/mol. The third-order valence-corrected chi connectivity index (χ3v) is 3.43. The Morgan fingerprint density at radius 3 is 2.68 bits per heavy atom. The van der Waals surface area contributed by atoms with Crippen LogP contribution >= 0.6 is 0 Å². The summed E-state index contributed by atoms with van der Waals surface area (Å²) in [5.74, 6) is 0.531. The van der Waals surface area contributed by atoms with Crippen LogP contribution < -0.4 is 10.2 Å². The highest BCUT2D eigenvalue weighted by Crippen LogP contribution is 2.26. The van der Waals surface area contributed by atoms with Crippen LogP contribution in [0.15, 0.2) is 45.4 Å². The number of nitrogens with zero attached hydrogens (tertiary/aromatic N) is 3. The largest absolute Gasteiger partial charge is 0.470 e. The van der Waals surface area contributed by atoms with Gasteiger partial charge in [-0.1, -0.05) is 35.5 Å². The highest BCUT2D eigenvalue weighted by Gasteiger charge is 2.18. The van der Waals surface area contributed by atoms with Crippen LogP contribution in [0.2, 0.25) is 0 Å². The Morgan fingerprint density at radius 1 is 1.20 bits per heavy atom. The molecule has 0 spiro atoms. The van der Waals surface area contributed by atoms with Crippen molar-refractivity contribution in [1.29, 1.82) is 0 Å². The summed E-state index contributed by atoms with van der Waals surface area (Å²) >= 11 is 0. The number of benzene rings is 1. The lowest BCUT2D eigenvalue weighted by molar-refractivity contribution is 0.0817. The zero-order valence-corrected chi connectivity index (χ0v) is 14.1. The minimum atomic E-state index is -0.404. The molecule has 0 radical (unpaired) electrons. The van der Waals surface area contributed by atoms with Crippen molar-refractivity contribution in [3.8, 4) is 17.1 Å². The van der Waals surface area contributed by atoms with Crippen LogP contribution in [0.25, 0.3) is 11.3 Å². The first-order chi connectivity index (χ1) is 12.0. The topological polar surface area (TPSA) is 93.6 Å². The van der Waals surface area contributed by atoms with Crippen molar-refractivity contribution >= 4 is 5.91 Å². The average Bonchev–Trinajstić information content (AvgIpc) is 3.20. The van der Waals surface area contributed by atoms with Gasteiger partial charge in [0.1, 0.15) is 18.1 Å². The monoisotopic (exact) mass is 342 g/mol. The maximum Gasteiger partial charge on any atom is 0.304 e. The fourth-order valence-corrected chi connectivity index (χ4v) is 2.22. The molecule has 3 rings (SSSR count). The number of ether oxygens (including phenoxy) is 1. The number of hydrogen-bond acceptors (Lipinski definition) is 7. The van der Waals surface area contributed by atoms with Crippen molar-refractivity contribution in [2.45, 2.75) is 13.5 Å². The molecule has 8 heteroatoms. The molecule has 0 fully saturated rings. The first kappa shape index (κ1) is 16.7. The van der Waals surface area contributed by atoms with E-state index in [0.717, 1.165) is 11.1 Å². The van der Waals surface area contributed by atoms with Crippen molar-refractivity contribution in [2.75, 3.05) is 14.1 Å². The van der Waals surface area contributed by atoms with Crippen molar-refractivity contribution in [3.05, 3.63) is 53.5 Å². The second-order valence-corrected chi connectivity index (χ2v) is 5.59. The molecule has 0 aliphatic carbocycles. The molecule has 0 saturated carbocycles. The number of aromatic nitrogens is 2. The molecule has 130 valence electrons. The Bertz CT molecular complexity index is 855. The molecule has 25 heavy (non-hydrogen) atoms. The first-order valence-corrected chi connectivity index (χ1v) is 7.63. The number of rotatable bonds is 6. The first-order valence-electron chi connectivity index (χ1n) is 7.63. The molecule has 1 N–H and O–H groups in total. The summed E-state index contributed by atoms with van der Waals surface area (Å²) in [5, 5.41) is 9.36. The number of amides is 1. The van der Waals surface area contributed by atoms with Crippen molar-refractivity contribution in [2.24, 2.45) is 0 Å². The fourth-order valence-electron chi connectivity index (χ4n) is 2.22. The number of carbonyl (C=O) groups is 1.